The molecule has 0 radical (unpaired) electrons. The van der Waals surface area contributed by atoms with Crippen molar-refractivity contribution in [1.29, 1.82) is 0 Å². The third kappa shape index (κ3) is 5.00. The fourth-order valence-corrected chi connectivity index (χ4v) is 5.02. The minimum Gasteiger partial charge on any atom is -0.370 e. The van der Waals surface area contributed by atoms with Gasteiger partial charge < -0.3 is 20.9 Å². The average Bonchev–Trinajstić information content (AvgIpc) is 3.66. The van der Waals surface area contributed by atoms with E-state index in [0.29, 0.717) is 28.4 Å². The average molecular weight is 513 g/mol. The lowest BCUT2D eigenvalue weighted by molar-refractivity contribution is -0.117. The van der Waals surface area contributed by atoms with Gasteiger partial charge in [0.05, 0.1) is 11.1 Å². The molecule has 186 valence electrons. The Labute approximate surface area is 216 Å². The quantitative estimate of drug-likeness (QED) is 0.242. The second-order valence-corrected chi connectivity index (χ2v) is 9.59. The van der Waals surface area contributed by atoms with Gasteiger partial charge in [0.1, 0.15) is 5.82 Å². The van der Waals surface area contributed by atoms with Crippen molar-refractivity contribution in [1.82, 2.24) is 15.2 Å². The van der Waals surface area contributed by atoms with Crippen molar-refractivity contribution in [3.05, 3.63) is 89.1 Å². The number of carbonyl (C=O) groups is 3. The van der Waals surface area contributed by atoms with E-state index < -0.39 is 5.91 Å². The minimum atomic E-state index is -0.431. The summed E-state index contributed by atoms with van der Waals surface area (Å²) in [5, 5.41) is 10.5. The van der Waals surface area contributed by atoms with Crippen LogP contribution in [0.4, 0.5) is 11.5 Å². The van der Waals surface area contributed by atoms with Crippen LogP contribution in [0.1, 0.15) is 32.0 Å². The molecule has 5 rings (SSSR count). The number of nitrogens with two attached hydrogens (primary N) is 1. The Morgan fingerprint density at radius 3 is 2.62 bits per heavy atom. The summed E-state index contributed by atoms with van der Waals surface area (Å²) in [6, 6.07) is 18.2. The van der Waals surface area contributed by atoms with Crippen LogP contribution in [0, 0.1) is 0 Å². The molecule has 2 aromatic carbocycles. The van der Waals surface area contributed by atoms with Gasteiger partial charge in [0.15, 0.2) is 0 Å². The van der Waals surface area contributed by atoms with Crippen molar-refractivity contribution in [3.8, 4) is 10.4 Å². The van der Waals surface area contributed by atoms with Gasteiger partial charge in [-0.2, -0.15) is 5.10 Å². The number of H-pyrrole nitrogens is 2. The largest absolute Gasteiger partial charge is 0.370 e. The van der Waals surface area contributed by atoms with Crippen LogP contribution >= 0.6 is 11.3 Å². The second-order valence-electron chi connectivity index (χ2n) is 8.51. The zero-order valence-electron chi connectivity index (χ0n) is 19.9. The van der Waals surface area contributed by atoms with Crippen LogP contribution in [0.15, 0.2) is 73.1 Å². The molecule has 0 aliphatic rings. The molecule has 10 heteroatoms. The zero-order chi connectivity index (χ0) is 25.9. The Balaban J connectivity index is 1.45. The Hall–Kier alpha value is -4.70. The smallest absolute Gasteiger partial charge is 0.266 e. The normalized spacial score (nSPS) is 10.9. The summed E-state index contributed by atoms with van der Waals surface area (Å²) in [5.41, 5.74) is 9.08. The van der Waals surface area contributed by atoms with Gasteiger partial charge in [-0.05, 0) is 42.8 Å². The van der Waals surface area contributed by atoms with Gasteiger partial charge in [-0.3, -0.25) is 19.5 Å². The Morgan fingerprint density at radius 2 is 1.89 bits per heavy atom. The van der Waals surface area contributed by atoms with Gasteiger partial charge in [-0.25, -0.2) is 0 Å². The maximum atomic E-state index is 13.1. The molecule has 0 saturated heterocycles. The van der Waals surface area contributed by atoms with Gasteiger partial charge in [0, 0.05) is 57.8 Å². The standard InChI is InChI=1S/C27H24N6O3S/c1-33(27(36)16-5-3-2-4-6-16)18-7-8-19-20(9-12-24(28)34)25(31-21(19)13-18)32-26(35)23-11-10-22(37-23)17-14-29-30-15-17/h2-8,10-11,13-15,31H,9,12H2,1H3,(H2,28,34)(H,29,30)(H,32,35). The number of hydrogen-bond acceptors (Lipinski definition) is 5. The number of nitrogens with one attached hydrogen (secondary N) is 3. The van der Waals surface area contributed by atoms with E-state index in [9.17, 15) is 14.4 Å². The molecule has 0 atom stereocenters. The Morgan fingerprint density at radius 1 is 1.08 bits per heavy atom. The molecule has 0 aliphatic carbocycles. The molecule has 0 aliphatic heterocycles. The molecule has 5 N–H and O–H groups in total. The number of benzene rings is 2. The van der Waals surface area contributed by atoms with Crippen LogP contribution in [-0.4, -0.2) is 40.0 Å². The maximum absolute atomic E-state index is 13.1. The van der Waals surface area contributed by atoms with E-state index in [-0.39, 0.29) is 18.2 Å². The van der Waals surface area contributed by atoms with Crippen molar-refractivity contribution >= 4 is 51.5 Å². The molecular weight excluding hydrogens is 488 g/mol. The van der Waals surface area contributed by atoms with Gasteiger partial charge in [0.2, 0.25) is 5.91 Å². The van der Waals surface area contributed by atoms with Gasteiger partial charge in [0.25, 0.3) is 11.8 Å². The first kappa shape index (κ1) is 24.0. The van der Waals surface area contributed by atoms with Crippen molar-refractivity contribution in [2.75, 3.05) is 17.3 Å². The van der Waals surface area contributed by atoms with E-state index >= 15 is 0 Å². The first-order chi connectivity index (χ1) is 17.9. The zero-order valence-corrected chi connectivity index (χ0v) is 20.8. The van der Waals surface area contributed by atoms with Gasteiger partial charge >= 0.3 is 0 Å². The lowest BCUT2D eigenvalue weighted by Gasteiger charge is -2.17. The van der Waals surface area contributed by atoms with E-state index in [2.05, 4.69) is 20.5 Å². The summed E-state index contributed by atoms with van der Waals surface area (Å²) in [5.74, 6) is -0.350. The van der Waals surface area contributed by atoms with Crippen molar-refractivity contribution in [2.45, 2.75) is 12.8 Å². The molecule has 0 unspecified atom stereocenters. The molecule has 9 nitrogen and oxygen atoms in total. The highest BCUT2D eigenvalue weighted by Gasteiger charge is 2.19. The lowest BCUT2D eigenvalue weighted by Crippen LogP contribution is -2.26. The topological polar surface area (TPSA) is 137 Å². The van der Waals surface area contributed by atoms with Crippen LogP contribution in [0.5, 0.6) is 0 Å². The molecular formula is C27H24N6O3S. The third-order valence-electron chi connectivity index (χ3n) is 6.07. The molecule has 5 aromatic rings. The predicted molar refractivity (Wildman–Crippen MR) is 145 cm³/mol. The highest BCUT2D eigenvalue weighted by Crippen LogP contribution is 2.32. The molecule has 0 spiro atoms. The Bertz CT molecular complexity index is 1590. The van der Waals surface area contributed by atoms with Crippen molar-refractivity contribution in [3.63, 3.8) is 0 Å². The number of carbonyl (C=O) groups excluding carboxylic acids is 3. The second kappa shape index (κ2) is 10.1. The number of rotatable bonds is 8. The van der Waals surface area contributed by atoms with Gasteiger partial charge in [-0.1, -0.05) is 24.3 Å². The maximum Gasteiger partial charge on any atom is 0.266 e. The van der Waals surface area contributed by atoms with E-state index in [0.717, 1.165) is 26.9 Å². The van der Waals surface area contributed by atoms with Gasteiger partial charge in [-0.15, -0.1) is 11.3 Å². The van der Waals surface area contributed by atoms with Crippen LogP contribution in [-0.2, 0) is 11.2 Å². The van der Waals surface area contributed by atoms with Crippen LogP contribution in [0.2, 0.25) is 0 Å². The number of fused-ring (bicyclic) bond motifs is 1. The lowest BCUT2D eigenvalue weighted by atomic mass is 10.1. The summed E-state index contributed by atoms with van der Waals surface area (Å²) < 4.78 is 0. The SMILES string of the molecule is CN(C(=O)c1ccccc1)c1ccc2c(CCC(N)=O)c(NC(=O)c3ccc(-c4cn[nH]c4)s3)[nH]c2c1. The first-order valence-corrected chi connectivity index (χ1v) is 12.4. The number of hydrogen-bond donors (Lipinski definition) is 4. The Kier molecular flexibility index (Phi) is 6.57. The summed E-state index contributed by atoms with van der Waals surface area (Å²) in [4.78, 5) is 43.8. The molecule has 0 bridgehead atoms. The number of anilines is 2. The molecule has 37 heavy (non-hydrogen) atoms. The van der Waals surface area contributed by atoms with Crippen molar-refractivity contribution in [2.24, 2.45) is 5.73 Å². The third-order valence-corrected chi connectivity index (χ3v) is 7.21. The van der Waals surface area contributed by atoms with E-state index in [1.807, 2.05) is 42.5 Å². The van der Waals surface area contributed by atoms with E-state index in [1.165, 1.54) is 11.3 Å². The monoisotopic (exact) mass is 512 g/mol. The van der Waals surface area contributed by atoms with Crippen LogP contribution < -0.4 is 16.0 Å². The molecule has 0 fully saturated rings. The minimum absolute atomic E-state index is 0.133. The number of aromatic amines is 2. The number of aryl methyl sites for hydroxylation is 1. The van der Waals surface area contributed by atoms with Crippen LogP contribution in [0.3, 0.4) is 0 Å². The molecule has 0 saturated carbocycles. The fraction of sp³-hybridized carbons (Fsp3) is 0.111. The summed E-state index contributed by atoms with van der Waals surface area (Å²) in [7, 11) is 1.71. The van der Waals surface area contributed by atoms with Crippen LogP contribution in [0.25, 0.3) is 21.3 Å². The number of primary amides is 1. The highest BCUT2D eigenvalue weighted by atomic mass is 32.1. The molecule has 3 amide bonds. The summed E-state index contributed by atoms with van der Waals surface area (Å²) in [6.07, 6.45) is 3.95. The fourth-order valence-electron chi connectivity index (χ4n) is 4.13. The first-order valence-electron chi connectivity index (χ1n) is 11.6. The number of aromatic nitrogens is 3. The predicted octanol–water partition coefficient (Wildman–Crippen LogP) is 4.57. The highest BCUT2D eigenvalue weighted by molar-refractivity contribution is 7.17. The molecule has 3 aromatic heterocycles. The number of nitrogens with zero attached hydrogens (tertiary/aromatic N) is 2. The molecule has 3 heterocycles. The summed E-state index contributed by atoms with van der Waals surface area (Å²) in [6.45, 7) is 0. The number of thiophene rings is 1. The van der Waals surface area contributed by atoms with E-state index in [4.69, 9.17) is 5.73 Å². The van der Waals surface area contributed by atoms with E-state index in [1.54, 1.807) is 42.5 Å². The summed E-state index contributed by atoms with van der Waals surface area (Å²) >= 11 is 1.35. The van der Waals surface area contributed by atoms with Crippen molar-refractivity contribution < 1.29 is 14.4 Å². The number of amides is 3.